The molecule has 0 atom stereocenters. The fraction of sp³-hybridized carbons (Fsp3) is 0.190. The molecule has 27 heavy (non-hydrogen) atoms. The minimum absolute atomic E-state index is 0.212. The van der Waals surface area contributed by atoms with Gasteiger partial charge in [0.1, 0.15) is 34.8 Å². The molecule has 1 heterocycles. The number of benzene rings is 2. The lowest BCUT2D eigenvalue weighted by Gasteiger charge is -2.10. The summed E-state index contributed by atoms with van der Waals surface area (Å²) in [5, 5.41) is 9.46. The Balaban J connectivity index is 1.90. The molecule has 0 saturated carbocycles. The highest BCUT2D eigenvalue weighted by Gasteiger charge is 2.16. The van der Waals surface area contributed by atoms with E-state index in [1.165, 1.54) is 19.2 Å². The van der Waals surface area contributed by atoms with Crippen LogP contribution in [0.2, 0.25) is 0 Å². The number of nitriles is 1. The van der Waals surface area contributed by atoms with E-state index in [0.29, 0.717) is 28.6 Å². The van der Waals surface area contributed by atoms with Crippen LogP contribution in [0.15, 0.2) is 48.7 Å². The van der Waals surface area contributed by atoms with Crippen molar-refractivity contribution in [1.29, 1.82) is 5.26 Å². The maximum Gasteiger partial charge on any atom is 0.148 e. The predicted molar refractivity (Wildman–Crippen MR) is 102 cm³/mol. The van der Waals surface area contributed by atoms with E-state index in [9.17, 15) is 9.65 Å². The highest BCUT2D eigenvalue weighted by atomic mass is 19.1. The second kappa shape index (κ2) is 7.42. The zero-order valence-corrected chi connectivity index (χ0v) is 15.4. The summed E-state index contributed by atoms with van der Waals surface area (Å²) in [6, 6.07) is 13.5. The maximum atomic E-state index is 13.6. The van der Waals surface area contributed by atoms with Crippen molar-refractivity contribution >= 4 is 5.69 Å². The van der Waals surface area contributed by atoms with Crippen LogP contribution in [0.5, 0.6) is 17.2 Å². The zero-order valence-electron chi connectivity index (χ0n) is 15.4. The minimum Gasteiger partial charge on any atom is -0.497 e. The number of aromatic nitrogens is 1. The van der Waals surface area contributed by atoms with E-state index in [2.05, 4.69) is 6.07 Å². The fourth-order valence-electron chi connectivity index (χ4n) is 2.84. The van der Waals surface area contributed by atoms with Crippen molar-refractivity contribution < 1.29 is 13.9 Å². The standard InChI is InChI=1S/C21H20FN3O2/c1-13(2)19-12-25(20(11-23)21(19)24)15-4-6-16(7-5-15)27-18-9-14(22)8-17(10-18)26-3/h4-10,12-13H,24H2,1-3H3. The molecule has 0 spiro atoms. The molecule has 138 valence electrons. The Morgan fingerprint density at radius 1 is 1.07 bits per heavy atom. The molecule has 0 radical (unpaired) electrons. The first-order valence-corrected chi connectivity index (χ1v) is 8.46. The Hall–Kier alpha value is -3.46. The zero-order chi connectivity index (χ0) is 19.6. The average molecular weight is 365 g/mol. The quantitative estimate of drug-likeness (QED) is 0.691. The maximum absolute atomic E-state index is 13.6. The molecule has 0 unspecified atom stereocenters. The van der Waals surface area contributed by atoms with Gasteiger partial charge in [0.15, 0.2) is 0 Å². The first kappa shape index (κ1) is 18.3. The number of methoxy groups -OCH3 is 1. The van der Waals surface area contributed by atoms with Crippen LogP contribution in [-0.2, 0) is 0 Å². The van der Waals surface area contributed by atoms with Crippen LogP contribution in [0.25, 0.3) is 5.69 Å². The van der Waals surface area contributed by atoms with Gasteiger partial charge >= 0.3 is 0 Å². The molecular formula is C21H20FN3O2. The molecule has 1 aromatic heterocycles. The molecule has 2 aromatic carbocycles. The van der Waals surface area contributed by atoms with Crippen LogP contribution in [0.4, 0.5) is 10.1 Å². The summed E-state index contributed by atoms with van der Waals surface area (Å²) in [4.78, 5) is 0. The lowest BCUT2D eigenvalue weighted by atomic mass is 10.1. The van der Waals surface area contributed by atoms with Crippen LogP contribution >= 0.6 is 0 Å². The SMILES string of the molecule is COc1cc(F)cc(Oc2ccc(-n3cc(C(C)C)c(N)c3C#N)cc2)c1. The van der Waals surface area contributed by atoms with E-state index in [4.69, 9.17) is 15.2 Å². The Morgan fingerprint density at radius 3 is 2.33 bits per heavy atom. The van der Waals surface area contributed by atoms with Crippen LogP contribution in [-0.4, -0.2) is 11.7 Å². The summed E-state index contributed by atoms with van der Waals surface area (Å²) in [6.07, 6.45) is 1.88. The van der Waals surface area contributed by atoms with Crippen LogP contribution in [0.3, 0.4) is 0 Å². The summed E-state index contributed by atoms with van der Waals surface area (Å²) >= 11 is 0. The number of hydrogen-bond acceptors (Lipinski definition) is 4. The Kier molecular flexibility index (Phi) is 5.04. The van der Waals surface area contributed by atoms with Gasteiger partial charge in [0.25, 0.3) is 0 Å². The van der Waals surface area contributed by atoms with Crippen LogP contribution < -0.4 is 15.2 Å². The number of nitrogens with zero attached hydrogens (tertiary/aromatic N) is 2. The summed E-state index contributed by atoms with van der Waals surface area (Å²) in [5.74, 6) is 1.02. The lowest BCUT2D eigenvalue weighted by Crippen LogP contribution is -1.98. The predicted octanol–water partition coefficient (Wildman–Crippen LogP) is 4.99. The molecule has 0 aliphatic heterocycles. The normalized spacial score (nSPS) is 10.7. The van der Waals surface area contributed by atoms with Gasteiger partial charge in [-0.05, 0) is 35.7 Å². The second-order valence-corrected chi connectivity index (χ2v) is 6.41. The Morgan fingerprint density at radius 2 is 1.74 bits per heavy atom. The van der Waals surface area contributed by atoms with E-state index in [1.54, 1.807) is 22.8 Å². The number of anilines is 1. The molecule has 0 amide bonds. The van der Waals surface area contributed by atoms with Crippen molar-refractivity contribution in [2.24, 2.45) is 0 Å². The van der Waals surface area contributed by atoms with E-state index in [0.717, 1.165) is 11.3 Å². The molecule has 3 aromatic rings. The molecule has 3 rings (SSSR count). The lowest BCUT2D eigenvalue weighted by molar-refractivity contribution is 0.404. The van der Waals surface area contributed by atoms with E-state index < -0.39 is 5.82 Å². The second-order valence-electron chi connectivity index (χ2n) is 6.41. The van der Waals surface area contributed by atoms with E-state index >= 15 is 0 Å². The van der Waals surface area contributed by atoms with Crippen molar-refractivity contribution in [3.8, 4) is 29.0 Å². The fourth-order valence-corrected chi connectivity index (χ4v) is 2.84. The molecule has 0 fully saturated rings. The van der Waals surface area contributed by atoms with Gasteiger partial charge in [0, 0.05) is 30.1 Å². The monoisotopic (exact) mass is 365 g/mol. The van der Waals surface area contributed by atoms with Crippen molar-refractivity contribution in [2.75, 3.05) is 12.8 Å². The Labute approximate surface area is 157 Å². The molecule has 2 N–H and O–H groups in total. The van der Waals surface area contributed by atoms with Gasteiger partial charge in [-0.25, -0.2) is 4.39 Å². The molecule has 0 saturated heterocycles. The molecule has 0 aliphatic carbocycles. The van der Waals surface area contributed by atoms with E-state index in [-0.39, 0.29) is 5.92 Å². The number of nitrogen functional groups attached to an aromatic ring is 1. The minimum atomic E-state index is -0.441. The largest absolute Gasteiger partial charge is 0.497 e. The average Bonchev–Trinajstić information content (AvgIpc) is 2.98. The number of ether oxygens (including phenoxy) is 2. The number of nitrogens with two attached hydrogens (primary N) is 1. The van der Waals surface area contributed by atoms with Gasteiger partial charge in [0.05, 0.1) is 12.8 Å². The molecular weight excluding hydrogens is 345 g/mol. The molecule has 6 heteroatoms. The first-order valence-electron chi connectivity index (χ1n) is 8.46. The highest BCUT2D eigenvalue weighted by molar-refractivity contribution is 5.62. The van der Waals surface area contributed by atoms with Gasteiger partial charge in [-0.15, -0.1) is 0 Å². The topological polar surface area (TPSA) is 73.2 Å². The summed E-state index contributed by atoms with van der Waals surface area (Å²) in [6.45, 7) is 4.06. The van der Waals surface area contributed by atoms with Gasteiger partial charge in [-0.2, -0.15) is 5.26 Å². The third kappa shape index (κ3) is 3.72. The molecule has 5 nitrogen and oxygen atoms in total. The van der Waals surface area contributed by atoms with Gasteiger partial charge in [-0.3, -0.25) is 0 Å². The van der Waals surface area contributed by atoms with Crippen molar-refractivity contribution in [3.05, 3.63) is 65.7 Å². The summed E-state index contributed by atoms with van der Waals surface area (Å²) < 4.78 is 26.1. The van der Waals surface area contributed by atoms with Crippen molar-refractivity contribution in [2.45, 2.75) is 19.8 Å². The molecule has 0 bridgehead atoms. The Bertz CT molecular complexity index is 1000. The smallest absolute Gasteiger partial charge is 0.148 e. The molecule has 0 aliphatic rings. The van der Waals surface area contributed by atoms with E-state index in [1.807, 2.05) is 32.2 Å². The van der Waals surface area contributed by atoms with Gasteiger partial charge in [0.2, 0.25) is 0 Å². The number of halogens is 1. The third-order valence-electron chi connectivity index (χ3n) is 4.23. The van der Waals surface area contributed by atoms with Crippen LogP contribution in [0.1, 0.15) is 31.0 Å². The van der Waals surface area contributed by atoms with Crippen molar-refractivity contribution in [3.63, 3.8) is 0 Å². The number of rotatable bonds is 5. The third-order valence-corrected chi connectivity index (χ3v) is 4.23. The summed E-state index contributed by atoms with van der Waals surface area (Å²) in [7, 11) is 1.47. The van der Waals surface area contributed by atoms with Gasteiger partial charge < -0.3 is 19.8 Å². The highest BCUT2D eigenvalue weighted by Crippen LogP contribution is 2.31. The first-order chi connectivity index (χ1) is 12.9. The van der Waals surface area contributed by atoms with Crippen LogP contribution in [0, 0.1) is 17.1 Å². The van der Waals surface area contributed by atoms with Gasteiger partial charge in [-0.1, -0.05) is 13.8 Å². The summed E-state index contributed by atoms with van der Waals surface area (Å²) in [5.41, 5.74) is 8.73. The van der Waals surface area contributed by atoms with Crippen molar-refractivity contribution in [1.82, 2.24) is 4.57 Å². The number of hydrogen-bond donors (Lipinski definition) is 1.